The molecule has 1 atom stereocenters. The number of hydrogen-bond acceptors (Lipinski definition) is 4. The summed E-state index contributed by atoms with van der Waals surface area (Å²) in [5, 5.41) is 0. The second-order valence-electron chi connectivity index (χ2n) is 7.42. The monoisotopic (exact) mass is 385 g/mol. The van der Waals surface area contributed by atoms with Gasteiger partial charge in [0, 0.05) is 44.8 Å². The summed E-state index contributed by atoms with van der Waals surface area (Å²) < 4.78 is 18.6. The van der Waals surface area contributed by atoms with Crippen LogP contribution in [-0.2, 0) is 16.1 Å². The molecule has 0 aliphatic carbocycles. The van der Waals surface area contributed by atoms with Crippen molar-refractivity contribution < 1.29 is 18.4 Å². The molecule has 0 N–H and O–H groups in total. The van der Waals surface area contributed by atoms with Crippen LogP contribution in [-0.4, -0.2) is 54.3 Å². The van der Waals surface area contributed by atoms with Crippen LogP contribution in [0.15, 0.2) is 47.1 Å². The SMILES string of the molecule is O=C(C1CC(=O)N(c2ccc(F)cc2)C1)N1CCCN(Cc2ccco2)CC1. The molecule has 0 spiro atoms. The Morgan fingerprint density at radius 1 is 1.11 bits per heavy atom. The minimum Gasteiger partial charge on any atom is -0.468 e. The van der Waals surface area contributed by atoms with E-state index in [1.807, 2.05) is 17.0 Å². The Morgan fingerprint density at radius 2 is 1.93 bits per heavy atom. The third-order valence-corrected chi connectivity index (χ3v) is 5.47. The molecule has 2 saturated heterocycles. The Hall–Kier alpha value is -2.67. The largest absolute Gasteiger partial charge is 0.468 e. The topological polar surface area (TPSA) is 57.0 Å². The van der Waals surface area contributed by atoms with E-state index in [0.717, 1.165) is 31.8 Å². The zero-order chi connectivity index (χ0) is 19.5. The fraction of sp³-hybridized carbons (Fsp3) is 0.429. The van der Waals surface area contributed by atoms with Gasteiger partial charge in [-0.2, -0.15) is 0 Å². The predicted molar refractivity (Wildman–Crippen MR) is 102 cm³/mol. The van der Waals surface area contributed by atoms with Gasteiger partial charge in [0.1, 0.15) is 11.6 Å². The summed E-state index contributed by atoms with van der Waals surface area (Å²) in [6.07, 6.45) is 2.78. The van der Waals surface area contributed by atoms with E-state index in [2.05, 4.69) is 4.90 Å². The van der Waals surface area contributed by atoms with E-state index in [9.17, 15) is 14.0 Å². The van der Waals surface area contributed by atoms with Crippen LogP contribution in [0, 0.1) is 11.7 Å². The highest BCUT2D eigenvalue weighted by atomic mass is 19.1. The summed E-state index contributed by atoms with van der Waals surface area (Å²) in [4.78, 5) is 31.2. The number of furan rings is 1. The van der Waals surface area contributed by atoms with Crippen molar-refractivity contribution in [2.75, 3.05) is 37.6 Å². The Labute approximate surface area is 163 Å². The van der Waals surface area contributed by atoms with Crippen LogP contribution in [0.3, 0.4) is 0 Å². The van der Waals surface area contributed by atoms with Crippen LogP contribution >= 0.6 is 0 Å². The van der Waals surface area contributed by atoms with Gasteiger partial charge < -0.3 is 14.2 Å². The molecule has 1 unspecified atom stereocenters. The molecule has 28 heavy (non-hydrogen) atoms. The van der Waals surface area contributed by atoms with Gasteiger partial charge in [-0.3, -0.25) is 14.5 Å². The predicted octanol–water partition coefficient (Wildman–Crippen LogP) is 2.51. The number of carbonyl (C=O) groups is 2. The Bertz CT molecular complexity index is 822. The molecule has 0 bridgehead atoms. The molecule has 0 saturated carbocycles. The normalized spacial score (nSPS) is 21.2. The van der Waals surface area contributed by atoms with E-state index in [0.29, 0.717) is 25.3 Å². The zero-order valence-electron chi connectivity index (χ0n) is 15.7. The Kier molecular flexibility index (Phi) is 5.43. The number of nitrogens with zero attached hydrogens (tertiary/aromatic N) is 3. The summed E-state index contributed by atoms with van der Waals surface area (Å²) in [5.41, 5.74) is 0.641. The fourth-order valence-corrected chi connectivity index (χ4v) is 3.97. The summed E-state index contributed by atoms with van der Waals surface area (Å²) in [7, 11) is 0. The van der Waals surface area contributed by atoms with E-state index in [-0.39, 0.29) is 30.0 Å². The van der Waals surface area contributed by atoms with Crippen LogP contribution in [0.25, 0.3) is 0 Å². The molecule has 1 aromatic carbocycles. The first kappa shape index (κ1) is 18.7. The lowest BCUT2D eigenvalue weighted by Gasteiger charge is -2.24. The van der Waals surface area contributed by atoms with Crippen LogP contribution in [0.4, 0.5) is 10.1 Å². The quantitative estimate of drug-likeness (QED) is 0.812. The third-order valence-electron chi connectivity index (χ3n) is 5.47. The van der Waals surface area contributed by atoms with E-state index in [1.54, 1.807) is 23.3 Å². The summed E-state index contributed by atoms with van der Waals surface area (Å²) >= 11 is 0. The van der Waals surface area contributed by atoms with E-state index >= 15 is 0 Å². The van der Waals surface area contributed by atoms with Gasteiger partial charge in [0.05, 0.1) is 18.7 Å². The number of hydrogen-bond donors (Lipinski definition) is 0. The van der Waals surface area contributed by atoms with Crippen molar-refractivity contribution in [1.29, 1.82) is 0 Å². The maximum atomic E-state index is 13.1. The van der Waals surface area contributed by atoms with E-state index < -0.39 is 0 Å². The summed E-state index contributed by atoms with van der Waals surface area (Å²) in [6, 6.07) is 9.67. The molecule has 0 radical (unpaired) electrons. The first-order valence-electron chi connectivity index (χ1n) is 9.69. The first-order chi connectivity index (χ1) is 13.6. The standard InChI is InChI=1S/C21H24FN3O3/c22-17-4-6-18(7-5-17)25-14-16(13-20(25)26)21(27)24-9-2-8-23(10-11-24)15-19-3-1-12-28-19/h1,3-7,12,16H,2,8-11,13-15H2. The van der Waals surface area contributed by atoms with Crippen molar-refractivity contribution in [3.05, 3.63) is 54.2 Å². The van der Waals surface area contributed by atoms with Crippen LogP contribution in [0.5, 0.6) is 0 Å². The number of carbonyl (C=O) groups excluding carboxylic acids is 2. The molecule has 1 aromatic heterocycles. The van der Waals surface area contributed by atoms with Gasteiger partial charge in [0.25, 0.3) is 0 Å². The van der Waals surface area contributed by atoms with Gasteiger partial charge in [-0.1, -0.05) is 0 Å². The highest BCUT2D eigenvalue weighted by Crippen LogP contribution is 2.27. The van der Waals surface area contributed by atoms with Crippen molar-refractivity contribution in [2.24, 2.45) is 5.92 Å². The van der Waals surface area contributed by atoms with Crippen molar-refractivity contribution in [2.45, 2.75) is 19.4 Å². The summed E-state index contributed by atoms with van der Waals surface area (Å²) in [5.74, 6) is 0.203. The second kappa shape index (κ2) is 8.14. The van der Waals surface area contributed by atoms with E-state index in [4.69, 9.17) is 4.42 Å². The minimum absolute atomic E-state index is 0.0396. The number of benzene rings is 1. The molecule has 3 heterocycles. The molecule has 2 aliphatic heterocycles. The zero-order valence-corrected chi connectivity index (χ0v) is 15.7. The highest BCUT2D eigenvalue weighted by Gasteiger charge is 2.37. The number of rotatable bonds is 4. The number of halogens is 1. The average Bonchev–Trinajstić information content (AvgIpc) is 3.27. The van der Waals surface area contributed by atoms with Crippen LogP contribution in [0.2, 0.25) is 0 Å². The smallest absolute Gasteiger partial charge is 0.228 e. The second-order valence-corrected chi connectivity index (χ2v) is 7.42. The summed E-state index contributed by atoms with van der Waals surface area (Å²) in [6.45, 7) is 4.16. The van der Waals surface area contributed by atoms with Crippen molar-refractivity contribution in [3.8, 4) is 0 Å². The van der Waals surface area contributed by atoms with Crippen LogP contribution < -0.4 is 4.90 Å². The number of amides is 2. The molecule has 148 valence electrons. The third kappa shape index (κ3) is 4.09. The molecule has 7 heteroatoms. The van der Waals surface area contributed by atoms with Crippen molar-refractivity contribution in [1.82, 2.24) is 9.80 Å². The van der Waals surface area contributed by atoms with E-state index in [1.165, 1.54) is 12.1 Å². The van der Waals surface area contributed by atoms with Gasteiger partial charge in [-0.05, 0) is 42.8 Å². The van der Waals surface area contributed by atoms with Crippen molar-refractivity contribution >= 4 is 17.5 Å². The lowest BCUT2D eigenvalue weighted by Crippen LogP contribution is -2.39. The fourth-order valence-electron chi connectivity index (χ4n) is 3.97. The highest BCUT2D eigenvalue weighted by molar-refractivity contribution is 6.00. The molecular formula is C21H24FN3O3. The number of anilines is 1. The minimum atomic E-state index is -0.341. The molecular weight excluding hydrogens is 361 g/mol. The molecule has 2 fully saturated rings. The van der Waals surface area contributed by atoms with Gasteiger partial charge in [0.15, 0.2) is 0 Å². The van der Waals surface area contributed by atoms with Gasteiger partial charge in [0.2, 0.25) is 11.8 Å². The van der Waals surface area contributed by atoms with Crippen molar-refractivity contribution in [3.63, 3.8) is 0 Å². The Morgan fingerprint density at radius 3 is 2.68 bits per heavy atom. The first-order valence-corrected chi connectivity index (χ1v) is 9.69. The maximum absolute atomic E-state index is 13.1. The van der Waals surface area contributed by atoms with Gasteiger partial charge >= 0.3 is 0 Å². The lowest BCUT2D eigenvalue weighted by atomic mass is 10.1. The molecule has 2 amide bonds. The average molecular weight is 385 g/mol. The Balaban J connectivity index is 1.35. The molecule has 6 nitrogen and oxygen atoms in total. The maximum Gasteiger partial charge on any atom is 0.228 e. The van der Waals surface area contributed by atoms with Gasteiger partial charge in [-0.25, -0.2) is 4.39 Å². The van der Waals surface area contributed by atoms with Crippen LogP contribution in [0.1, 0.15) is 18.6 Å². The molecule has 2 aromatic rings. The molecule has 2 aliphatic rings. The van der Waals surface area contributed by atoms with Gasteiger partial charge in [-0.15, -0.1) is 0 Å². The lowest BCUT2D eigenvalue weighted by molar-refractivity contribution is -0.135. The molecule has 4 rings (SSSR count).